The standard InChI is InChI=1S/C22H22FN7O/c23-16-6-3-5-15-19(16)28-22(24)30-13-17(27-20(15)30)21(31)26-12-14-4-1-2-7-18(14)29-10-8-25-9-11-29/h1-7,13,25H,8-12H2,(H2,24,28)(H,26,31). The number of nitrogen functional groups attached to an aromatic ring is 1. The molecule has 3 heterocycles. The van der Waals surface area contributed by atoms with Gasteiger partial charge in [-0.05, 0) is 23.8 Å². The number of carbonyl (C=O) groups is 1. The summed E-state index contributed by atoms with van der Waals surface area (Å²) in [4.78, 5) is 23.7. The Bertz CT molecular complexity index is 1280. The van der Waals surface area contributed by atoms with Gasteiger partial charge in [-0.3, -0.25) is 9.20 Å². The summed E-state index contributed by atoms with van der Waals surface area (Å²) in [7, 11) is 0. The van der Waals surface area contributed by atoms with Crippen LogP contribution in [0.4, 0.5) is 16.0 Å². The zero-order valence-corrected chi connectivity index (χ0v) is 16.8. The summed E-state index contributed by atoms with van der Waals surface area (Å²) in [6, 6.07) is 12.7. The number of rotatable bonds is 4. The molecule has 5 rings (SSSR count). The van der Waals surface area contributed by atoms with Gasteiger partial charge in [-0.1, -0.05) is 24.3 Å². The van der Waals surface area contributed by atoms with Gasteiger partial charge in [0.1, 0.15) is 22.7 Å². The number of benzene rings is 2. The molecule has 0 saturated carbocycles. The molecule has 0 atom stereocenters. The first-order valence-electron chi connectivity index (χ1n) is 10.2. The molecule has 4 N–H and O–H groups in total. The van der Waals surface area contributed by atoms with E-state index in [9.17, 15) is 9.18 Å². The first-order valence-corrected chi connectivity index (χ1v) is 10.2. The van der Waals surface area contributed by atoms with E-state index in [4.69, 9.17) is 5.73 Å². The van der Waals surface area contributed by atoms with Crippen molar-refractivity contribution in [2.45, 2.75) is 6.54 Å². The van der Waals surface area contributed by atoms with Gasteiger partial charge in [0.25, 0.3) is 5.91 Å². The molecule has 0 radical (unpaired) electrons. The average molecular weight is 419 g/mol. The Morgan fingerprint density at radius 2 is 1.94 bits per heavy atom. The molecule has 0 bridgehead atoms. The van der Waals surface area contributed by atoms with Crippen molar-refractivity contribution in [2.24, 2.45) is 0 Å². The minimum absolute atomic E-state index is 0.0724. The Balaban J connectivity index is 1.41. The smallest absolute Gasteiger partial charge is 0.271 e. The number of halogens is 1. The van der Waals surface area contributed by atoms with Crippen molar-refractivity contribution in [3.05, 3.63) is 65.7 Å². The highest BCUT2D eigenvalue weighted by atomic mass is 19.1. The van der Waals surface area contributed by atoms with E-state index in [0.29, 0.717) is 17.6 Å². The highest BCUT2D eigenvalue weighted by Gasteiger charge is 2.18. The molecular weight excluding hydrogens is 397 g/mol. The molecule has 158 valence electrons. The Morgan fingerprint density at radius 3 is 2.77 bits per heavy atom. The predicted octanol–water partition coefficient (Wildman–Crippen LogP) is 1.94. The van der Waals surface area contributed by atoms with Gasteiger partial charge in [0, 0.05) is 50.0 Å². The monoisotopic (exact) mass is 419 g/mol. The lowest BCUT2D eigenvalue weighted by molar-refractivity contribution is 0.0946. The van der Waals surface area contributed by atoms with Crippen molar-refractivity contribution in [2.75, 3.05) is 36.8 Å². The van der Waals surface area contributed by atoms with Crippen molar-refractivity contribution < 1.29 is 9.18 Å². The van der Waals surface area contributed by atoms with Gasteiger partial charge in [0.15, 0.2) is 0 Å². The number of aromatic nitrogens is 3. The van der Waals surface area contributed by atoms with Crippen LogP contribution in [-0.4, -0.2) is 46.5 Å². The zero-order chi connectivity index (χ0) is 21.4. The molecule has 1 fully saturated rings. The topological polar surface area (TPSA) is 101 Å². The predicted molar refractivity (Wildman–Crippen MR) is 118 cm³/mol. The molecule has 8 nitrogen and oxygen atoms in total. The number of amides is 1. The Kier molecular flexibility index (Phi) is 4.87. The summed E-state index contributed by atoms with van der Waals surface area (Å²) in [5.41, 5.74) is 8.86. The SMILES string of the molecule is Nc1nc2c(F)cccc2c2nc(C(=O)NCc3ccccc3N3CCNCC3)cn12. The largest absolute Gasteiger partial charge is 0.369 e. The van der Waals surface area contributed by atoms with Crippen LogP contribution in [0.1, 0.15) is 16.1 Å². The van der Waals surface area contributed by atoms with Crippen LogP contribution in [0.15, 0.2) is 48.7 Å². The lowest BCUT2D eigenvalue weighted by Gasteiger charge is -2.31. The quantitative estimate of drug-likeness (QED) is 0.468. The molecule has 1 amide bonds. The maximum Gasteiger partial charge on any atom is 0.271 e. The van der Waals surface area contributed by atoms with E-state index in [0.717, 1.165) is 37.4 Å². The fourth-order valence-corrected chi connectivity index (χ4v) is 3.97. The second-order valence-electron chi connectivity index (χ2n) is 7.47. The first-order chi connectivity index (χ1) is 15.1. The molecule has 1 aliphatic rings. The highest BCUT2D eigenvalue weighted by molar-refractivity contribution is 5.97. The number of nitrogens with two attached hydrogens (primary N) is 1. The van der Waals surface area contributed by atoms with Crippen molar-refractivity contribution >= 4 is 34.1 Å². The number of anilines is 2. The molecule has 0 unspecified atom stereocenters. The number of carbonyl (C=O) groups excluding carboxylic acids is 1. The molecular formula is C22H22FN7O. The number of nitrogens with one attached hydrogen (secondary N) is 2. The van der Waals surface area contributed by atoms with Gasteiger partial charge in [-0.15, -0.1) is 0 Å². The van der Waals surface area contributed by atoms with Crippen molar-refractivity contribution in [3.63, 3.8) is 0 Å². The summed E-state index contributed by atoms with van der Waals surface area (Å²) in [5, 5.41) is 6.79. The third kappa shape index (κ3) is 3.53. The molecule has 1 aliphatic heterocycles. The molecule has 9 heteroatoms. The van der Waals surface area contributed by atoms with Gasteiger partial charge in [0.05, 0.1) is 0 Å². The van der Waals surface area contributed by atoms with Crippen LogP contribution in [0.3, 0.4) is 0 Å². The lowest BCUT2D eigenvalue weighted by Crippen LogP contribution is -2.44. The number of hydrogen-bond acceptors (Lipinski definition) is 6. The molecule has 1 saturated heterocycles. The summed E-state index contributed by atoms with van der Waals surface area (Å²) < 4.78 is 15.6. The summed E-state index contributed by atoms with van der Waals surface area (Å²) >= 11 is 0. The second-order valence-corrected chi connectivity index (χ2v) is 7.47. The van der Waals surface area contributed by atoms with E-state index in [1.165, 1.54) is 16.7 Å². The van der Waals surface area contributed by atoms with Crippen molar-refractivity contribution in [3.8, 4) is 0 Å². The molecule has 4 aromatic rings. The zero-order valence-electron chi connectivity index (χ0n) is 16.8. The average Bonchev–Trinajstić information content (AvgIpc) is 3.26. The normalized spacial score (nSPS) is 14.3. The maximum absolute atomic E-state index is 14.1. The molecule has 0 spiro atoms. The van der Waals surface area contributed by atoms with E-state index >= 15 is 0 Å². The molecule has 2 aromatic heterocycles. The van der Waals surface area contributed by atoms with Crippen LogP contribution < -0.4 is 21.3 Å². The maximum atomic E-state index is 14.1. The van der Waals surface area contributed by atoms with Crippen LogP contribution in [0.5, 0.6) is 0 Å². The minimum atomic E-state index is -0.481. The third-order valence-corrected chi connectivity index (χ3v) is 5.53. The number of fused-ring (bicyclic) bond motifs is 3. The summed E-state index contributed by atoms with van der Waals surface area (Å²) in [5.74, 6) is -0.740. The highest BCUT2D eigenvalue weighted by Crippen LogP contribution is 2.24. The van der Waals surface area contributed by atoms with Crippen LogP contribution >= 0.6 is 0 Å². The fraction of sp³-hybridized carbons (Fsp3) is 0.227. The van der Waals surface area contributed by atoms with E-state index in [2.05, 4.69) is 31.6 Å². The van der Waals surface area contributed by atoms with Crippen LogP contribution in [0.2, 0.25) is 0 Å². The van der Waals surface area contributed by atoms with E-state index in [1.54, 1.807) is 12.1 Å². The third-order valence-electron chi connectivity index (χ3n) is 5.53. The minimum Gasteiger partial charge on any atom is -0.369 e. The second kappa shape index (κ2) is 7.84. The number of imidazole rings is 1. The number of piperazine rings is 1. The van der Waals surface area contributed by atoms with E-state index in [1.807, 2.05) is 18.2 Å². The Labute approximate surface area is 177 Å². The Hall–Kier alpha value is -3.72. The molecule has 0 aliphatic carbocycles. The first kappa shape index (κ1) is 19.3. The van der Waals surface area contributed by atoms with Gasteiger partial charge < -0.3 is 21.3 Å². The van der Waals surface area contributed by atoms with E-state index < -0.39 is 5.82 Å². The van der Waals surface area contributed by atoms with Gasteiger partial charge in [-0.25, -0.2) is 14.4 Å². The van der Waals surface area contributed by atoms with Gasteiger partial charge >= 0.3 is 0 Å². The van der Waals surface area contributed by atoms with Gasteiger partial charge in [-0.2, -0.15) is 0 Å². The number of para-hydroxylation sites is 2. The van der Waals surface area contributed by atoms with Crippen molar-refractivity contribution in [1.29, 1.82) is 0 Å². The van der Waals surface area contributed by atoms with Crippen LogP contribution in [0.25, 0.3) is 16.6 Å². The van der Waals surface area contributed by atoms with Crippen molar-refractivity contribution in [1.82, 2.24) is 25.0 Å². The van der Waals surface area contributed by atoms with Crippen LogP contribution in [-0.2, 0) is 6.54 Å². The number of nitrogens with zero attached hydrogens (tertiary/aromatic N) is 4. The summed E-state index contributed by atoms with van der Waals surface area (Å²) in [6.45, 7) is 4.09. The van der Waals surface area contributed by atoms with Gasteiger partial charge in [0.2, 0.25) is 5.95 Å². The van der Waals surface area contributed by atoms with Crippen LogP contribution in [0, 0.1) is 5.82 Å². The molecule has 2 aromatic carbocycles. The van der Waals surface area contributed by atoms with E-state index in [-0.39, 0.29) is 23.1 Å². The lowest BCUT2D eigenvalue weighted by atomic mass is 10.1. The number of hydrogen-bond donors (Lipinski definition) is 3. The molecule has 31 heavy (non-hydrogen) atoms. The summed E-state index contributed by atoms with van der Waals surface area (Å²) in [6.07, 6.45) is 1.53. The fourth-order valence-electron chi connectivity index (χ4n) is 3.97. The Morgan fingerprint density at radius 1 is 1.13 bits per heavy atom.